The molecule has 2 aromatic carbocycles. The van der Waals surface area contributed by atoms with E-state index in [0.717, 1.165) is 19.3 Å². The van der Waals surface area contributed by atoms with Gasteiger partial charge in [-0.05, 0) is 24.1 Å². The number of aliphatic hydroxyl groups excluding tert-OH is 2. The molecule has 0 saturated carbocycles. The molecular weight excluding hydrogens is 440 g/mol. The first-order valence-corrected chi connectivity index (χ1v) is 13.1. The summed E-state index contributed by atoms with van der Waals surface area (Å²) in [7, 11) is 0. The minimum absolute atomic E-state index is 0.110. The van der Waals surface area contributed by atoms with Crippen LogP contribution in [0.5, 0.6) is 0 Å². The number of benzene rings is 2. The van der Waals surface area contributed by atoms with Crippen LogP contribution >= 0.6 is 0 Å². The molecule has 3 N–H and O–H groups in total. The van der Waals surface area contributed by atoms with Gasteiger partial charge in [0, 0.05) is 18.4 Å². The molecule has 6 heteroatoms. The van der Waals surface area contributed by atoms with Crippen molar-refractivity contribution in [2.75, 3.05) is 6.61 Å². The van der Waals surface area contributed by atoms with Crippen LogP contribution in [0, 0.1) is 0 Å². The van der Waals surface area contributed by atoms with Gasteiger partial charge in [0.05, 0.1) is 18.8 Å². The van der Waals surface area contributed by atoms with Crippen molar-refractivity contribution in [1.82, 2.24) is 10.4 Å². The zero-order chi connectivity index (χ0) is 25.3. The van der Waals surface area contributed by atoms with Crippen molar-refractivity contribution in [2.24, 2.45) is 0 Å². The quantitative estimate of drug-likeness (QED) is 0.216. The van der Waals surface area contributed by atoms with Crippen molar-refractivity contribution in [3.8, 4) is 0 Å². The highest BCUT2D eigenvalue weighted by molar-refractivity contribution is 5.95. The molecule has 6 nitrogen and oxygen atoms in total. The smallest absolute Gasteiger partial charge is 0.269 e. The van der Waals surface area contributed by atoms with Crippen molar-refractivity contribution >= 4 is 11.8 Å². The van der Waals surface area contributed by atoms with E-state index < -0.39 is 18.1 Å². The fourth-order valence-corrected chi connectivity index (χ4v) is 4.16. The summed E-state index contributed by atoms with van der Waals surface area (Å²) in [5.74, 6) is -0.671. The first kappa shape index (κ1) is 28.5. The van der Waals surface area contributed by atoms with Crippen LogP contribution in [0.1, 0.15) is 99.6 Å². The Balaban J connectivity index is 1.96. The monoisotopic (exact) mass is 482 g/mol. The Morgan fingerprint density at radius 3 is 1.94 bits per heavy atom. The molecule has 0 spiro atoms. The van der Waals surface area contributed by atoms with Gasteiger partial charge in [-0.2, -0.15) is 0 Å². The molecule has 35 heavy (non-hydrogen) atoms. The molecule has 0 bridgehead atoms. The molecule has 0 aromatic heterocycles. The molecule has 0 aliphatic heterocycles. The first-order chi connectivity index (χ1) is 17.1. The summed E-state index contributed by atoms with van der Waals surface area (Å²) in [5.41, 5.74) is 3.82. The lowest BCUT2D eigenvalue weighted by atomic mass is 10.0. The molecule has 0 aliphatic carbocycles. The van der Waals surface area contributed by atoms with Crippen molar-refractivity contribution in [3.05, 3.63) is 71.8 Å². The maximum Gasteiger partial charge on any atom is 0.269 e. The highest BCUT2D eigenvalue weighted by atomic mass is 16.3. The van der Waals surface area contributed by atoms with Crippen LogP contribution in [0.3, 0.4) is 0 Å². The van der Waals surface area contributed by atoms with E-state index in [9.17, 15) is 19.8 Å². The highest BCUT2D eigenvalue weighted by Gasteiger charge is 2.28. The lowest BCUT2D eigenvalue weighted by molar-refractivity contribution is -0.138. The predicted octanol–water partition coefficient (Wildman–Crippen LogP) is 5.57. The summed E-state index contributed by atoms with van der Waals surface area (Å²) >= 11 is 0. The molecule has 0 unspecified atom stereocenters. The summed E-state index contributed by atoms with van der Waals surface area (Å²) < 4.78 is 0. The van der Waals surface area contributed by atoms with Gasteiger partial charge in [0.15, 0.2) is 0 Å². The summed E-state index contributed by atoms with van der Waals surface area (Å²) in [6, 6.07) is 17.0. The molecule has 192 valence electrons. The van der Waals surface area contributed by atoms with Crippen LogP contribution in [0.2, 0.25) is 0 Å². The topological polar surface area (TPSA) is 89.9 Å². The van der Waals surface area contributed by atoms with Crippen LogP contribution in [0.4, 0.5) is 0 Å². The Kier molecular flexibility index (Phi) is 13.7. The van der Waals surface area contributed by atoms with E-state index in [-0.39, 0.29) is 25.4 Å². The lowest BCUT2D eigenvalue weighted by Crippen LogP contribution is -2.53. The number of rotatable bonds is 16. The van der Waals surface area contributed by atoms with Gasteiger partial charge in [-0.3, -0.25) is 15.0 Å². The minimum Gasteiger partial charge on any atom is -0.394 e. The zero-order valence-electron chi connectivity index (χ0n) is 21.1. The predicted molar refractivity (Wildman–Crippen MR) is 139 cm³/mol. The summed E-state index contributed by atoms with van der Waals surface area (Å²) in [5, 5.41) is 22.0. The number of unbranched alkanes of at least 4 members (excludes halogenated alkanes) is 8. The first-order valence-electron chi connectivity index (χ1n) is 13.1. The van der Waals surface area contributed by atoms with Gasteiger partial charge >= 0.3 is 0 Å². The third-order valence-corrected chi connectivity index (χ3v) is 6.28. The second-order valence-corrected chi connectivity index (χ2v) is 9.15. The van der Waals surface area contributed by atoms with Crippen LogP contribution in [0.15, 0.2) is 60.7 Å². The number of hydrogen-bond donors (Lipinski definition) is 3. The molecule has 0 heterocycles. The second-order valence-electron chi connectivity index (χ2n) is 9.15. The fourth-order valence-electron chi connectivity index (χ4n) is 4.16. The lowest BCUT2D eigenvalue weighted by Gasteiger charge is -2.32. The number of amides is 2. The van der Waals surface area contributed by atoms with Gasteiger partial charge < -0.3 is 10.2 Å². The van der Waals surface area contributed by atoms with E-state index in [0.29, 0.717) is 11.1 Å². The van der Waals surface area contributed by atoms with Crippen LogP contribution in [-0.4, -0.2) is 39.7 Å². The number of nitrogens with one attached hydrogen (secondary N) is 1. The molecule has 2 amide bonds. The van der Waals surface area contributed by atoms with Gasteiger partial charge in [-0.25, -0.2) is 5.01 Å². The average Bonchev–Trinajstić information content (AvgIpc) is 2.90. The SMILES string of the molecule is CCCCCCCCCCCC(=O)N(NC(=O)c1ccccc1)[C@@H](CO)C[C@H](O)c1ccccc1. The Bertz CT molecular complexity index is 844. The third-order valence-electron chi connectivity index (χ3n) is 6.28. The Morgan fingerprint density at radius 2 is 1.37 bits per heavy atom. The molecular formula is C29H42N2O4. The van der Waals surface area contributed by atoms with Crippen molar-refractivity contribution in [1.29, 1.82) is 0 Å². The molecule has 2 rings (SSSR count). The highest BCUT2D eigenvalue weighted by Crippen LogP contribution is 2.21. The van der Waals surface area contributed by atoms with Gasteiger partial charge in [0.1, 0.15) is 0 Å². The molecule has 0 aliphatic rings. The zero-order valence-corrected chi connectivity index (χ0v) is 21.1. The molecule has 0 radical (unpaired) electrons. The van der Waals surface area contributed by atoms with E-state index >= 15 is 0 Å². The molecule has 0 saturated heterocycles. The summed E-state index contributed by atoms with van der Waals surface area (Å²) in [4.78, 5) is 26.0. The summed E-state index contributed by atoms with van der Waals surface area (Å²) in [6.07, 6.45) is 9.81. The number of aliphatic hydroxyl groups is 2. The van der Waals surface area contributed by atoms with Crippen molar-refractivity contribution in [2.45, 2.75) is 89.7 Å². The van der Waals surface area contributed by atoms with E-state index in [1.54, 1.807) is 36.4 Å². The second kappa shape index (κ2) is 16.8. The normalized spacial score (nSPS) is 12.7. The van der Waals surface area contributed by atoms with Crippen LogP contribution in [-0.2, 0) is 4.79 Å². The maximum absolute atomic E-state index is 13.2. The Hall–Kier alpha value is -2.70. The van der Waals surface area contributed by atoms with E-state index in [1.807, 2.05) is 24.3 Å². The molecule has 0 fully saturated rings. The van der Waals surface area contributed by atoms with Gasteiger partial charge in [0.2, 0.25) is 5.91 Å². The molecule has 2 aromatic rings. The van der Waals surface area contributed by atoms with Gasteiger partial charge in [-0.15, -0.1) is 0 Å². The number of carbonyl (C=O) groups is 2. The maximum atomic E-state index is 13.2. The molecule has 2 atom stereocenters. The largest absolute Gasteiger partial charge is 0.394 e. The fraction of sp³-hybridized carbons (Fsp3) is 0.517. The third kappa shape index (κ3) is 10.6. The standard InChI is InChI=1S/C29H42N2O4/c1-2-3-4-5-6-7-8-9-16-21-28(34)31(30-29(35)25-19-14-11-15-20-25)26(23-32)22-27(33)24-17-12-10-13-18-24/h10-15,17-20,26-27,32-33H,2-9,16,21-23H2,1H3,(H,30,35)/t26-,27+/m1/s1. The average molecular weight is 483 g/mol. The Morgan fingerprint density at radius 1 is 0.829 bits per heavy atom. The minimum atomic E-state index is -0.870. The van der Waals surface area contributed by atoms with Crippen LogP contribution in [0.25, 0.3) is 0 Å². The Labute approximate surface area is 210 Å². The van der Waals surface area contributed by atoms with Crippen molar-refractivity contribution < 1.29 is 19.8 Å². The summed E-state index contributed by atoms with van der Waals surface area (Å²) in [6.45, 7) is 1.84. The number of carbonyl (C=O) groups excluding carboxylic acids is 2. The van der Waals surface area contributed by atoms with Gasteiger partial charge in [-0.1, -0.05) is 107 Å². The number of nitrogens with zero attached hydrogens (tertiary/aromatic N) is 1. The van der Waals surface area contributed by atoms with E-state index in [4.69, 9.17) is 0 Å². The van der Waals surface area contributed by atoms with E-state index in [1.165, 1.54) is 43.5 Å². The van der Waals surface area contributed by atoms with Gasteiger partial charge in [0.25, 0.3) is 5.91 Å². The van der Waals surface area contributed by atoms with Crippen molar-refractivity contribution in [3.63, 3.8) is 0 Å². The van der Waals surface area contributed by atoms with E-state index in [2.05, 4.69) is 12.3 Å². The van der Waals surface area contributed by atoms with Crippen LogP contribution < -0.4 is 5.43 Å². The number of hydrazine groups is 1. The number of hydrogen-bond acceptors (Lipinski definition) is 4.